The van der Waals surface area contributed by atoms with E-state index in [1.807, 2.05) is 12.1 Å². The highest BCUT2D eigenvalue weighted by molar-refractivity contribution is 5.98. The molecule has 2 aromatic carbocycles. The van der Waals surface area contributed by atoms with Gasteiger partial charge in [0.15, 0.2) is 5.78 Å². The lowest BCUT2D eigenvalue weighted by Crippen LogP contribution is -2.45. The maximum atomic E-state index is 13.1. The van der Waals surface area contributed by atoms with E-state index in [2.05, 4.69) is 5.32 Å². The van der Waals surface area contributed by atoms with Crippen molar-refractivity contribution in [2.45, 2.75) is 44.2 Å². The predicted molar refractivity (Wildman–Crippen MR) is 123 cm³/mol. The maximum absolute atomic E-state index is 13.1. The van der Waals surface area contributed by atoms with E-state index < -0.39 is 18.0 Å². The first kappa shape index (κ1) is 24.0. The summed E-state index contributed by atoms with van der Waals surface area (Å²) < 4.78 is 5.17. The van der Waals surface area contributed by atoms with Crippen LogP contribution in [0, 0.1) is 0 Å². The van der Waals surface area contributed by atoms with Gasteiger partial charge in [-0.2, -0.15) is 0 Å². The molecule has 2 aromatic rings. The summed E-state index contributed by atoms with van der Waals surface area (Å²) in [4.78, 5) is 51.4. The van der Waals surface area contributed by atoms with Crippen molar-refractivity contribution in [3.63, 3.8) is 0 Å². The number of hydrogen-bond acceptors (Lipinski definition) is 5. The molecule has 0 spiro atoms. The molecule has 3 N–H and O–H groups in total. The van der Waals surface area contributed by atoms with Crippen LogP contribution in [-0.4, -0.2) is 54.1 Å². The van der Waals surface area contributed by atoms with E-state index in [0.717, 1.165) is 5.56 Å². The molecule has 1 fully saturated rings. The van der Waals surface area contributed by atoms with E-state index in [4.69, 9.17) is 10.5 Å². The molecule has 0 bridgehead atoms. The third-order valence-electron chi connectivity index (χ3n) is 5.82. The number of likely N-dealkylation sites (tertiary alicyclic amines) is 1. The van der Waals surface area contributed by atoms with E-state index in [1.165, 1.54) is 4.90 Å². The molecule has 0 aliphatic carbocycles. The van der Waals surface area contributed by atoms with E-state index >= 15 is 0 Å². The quantitative estimate of drug-likeness (QED) is 0.572. The van der Waals surface area contributed by atoms with Gasteiger partial charge in [-0.1, -0.05) is 30.3 Å². The largest absolute Gasteiger partial charge is 0.497 e. The minimum atomic E-state index is -0.801. The van der Waals surface area contributed by atoms with Crippen LogP contribution in [0.1, 0.15) is 41.6 Å². The smallest absolute Gasteiger partial charge is 0.251 e. The number of ether oxygens (including phenoxy) is 1. The minimum absolute atomic E-state index is 0.0388. The number of nitrogens with one attached hydrogen (secondary N) is 1. The summed E-state index contributed by atoms with van der Waals surface area (Å²) in [5.74, 6) is -0.725. The number of nitrogens with zero attached hydrogens (tertiary/aromatic N) is 1. The van der Waals surface area contributed by atoms with E-state index in [0.29, 0.717) is 30.7 Å². The number of carbonyl (C=O) groups is 4. The number of carbonyl (C=O) groups excluding carboxylic acids is 4. The molecule has 0 radical (unpaired) electrons. The van der Waals surface area contributed by atoms with Crippen LogP contribution in [0.3, 0.4) is 0 Å². The van der Waals surface area contributed by atoms with Crippen molar-refractivity contribution in [2.24, 2.45) is 5.73 Å². The van der Waals surface area contributed by atoms with Crippen LogP contribution >= 0.6 is 0 Å². The summed E-state index contributed by atoms with van der Waals surface area (Å²) in [6.45, 7) is 0.459. The Hall–Kier alpha value is -3.68. The van der Waals surface area contributed by atoms with Gasteiger partial charge in [-0.3, -0.25) is 19.2 Å². The number of Topliss-reactive ketones (excluding diaryl/α,β-unsaturated/α-hetero) is 1. The number of hydrogen-bond donors (Lipinski definition) is 2. The monoisotopic (exact) mass is 451 g/mol. The highest BCUT2D eigenvalue weighted by Crippen LogP contribution is 2.19. The Morgan fingerprint density at radius 1 is 1.06 bits per heavy atom. The van der Waals surface area contributed by atoms with Gasteiger partial charge in [0, 0.05) is 24.9 Å². The second kappa shape index (κ2) is 11.3. The van der Waals surface area contributed by atoms with Crippen LogP contribution in [0.15, 0.2) is 54.6 Å². The van der Waals surface area contributed by atoms with Crippen LogP contribution in [0.5, 0.6) is 5.75 Å². The summed E-state index contributed by atoms with van der Waals surface area (Å²) >= 11 is 0. The number of amides is 3. The second-order valence-corrected chi connectivity index (χ2v) is 8.06. The van der Waals surface area contributed by atoms with Gasteiger partial charge in [0.1, 0.15) is 11.8 Å². The maximum Gasteiger partial charge on any atom is 0.251 e. The van der Waals surface area contributed by atoms with Crippen molar-refractivity contribution in [1.29, 1.82) is 0 Å². The molecular formula is C25H29N3O5. The van der Waals surface area contributed by atoms with Crippen molar-refractivity contribution in [3.8, 4) is 5.75 Å². The lowest BCUT2D eigenvalue weighted by Gasteiger charge is -2.23. The molecule has 3 rings (SSSR count). The van der Waals surface area contributed by atoms with Crippen molar-refractivity contribution >= 4 is 23.5 Å². The minimum Gasteiger partial charge on any atom is -0.497 e. The molecule has 174 valence electrons. The normalized spacial score (nSPS) is 16.2. The Bertz CT molecular complexity index is 991. The number of rotatable bonds is 10. The first-order chi connectivity index (χ1) is 15.9. The SMILES string of the molecule is COc1ccc(CC(NC(=O)c2ccccc2)C(=O)CCC(=O)N2CCC[C@H]2C(N)=O)cc1. The Balaban J connectivity index is 1.68. The Morgan fingerprint density at radius 2 is 1.76 bits per heavy atom. The second-order valence-electron chi connectivity index (χ2n) is 8.06. The zero-order valence-electron chi connectivity index (χ0n) is 18.7. The van der Waals surface area contributed by atoms with E-state index in [1.54, 1.807) is 49.6 Å². The van der Waals surface area contributed by atoms with Gasteiger partial charge in [-0.15, -0.1) is 0 Å². The number of primary amides is 1. The Labute approximate surface area is 193 Å². The van der Waals surface area contributed by atoms with Gasteiger partial charge in [-0.05, 0) is 49.1 Å². The molecular weight excluding hydrogens is 422 g/mol. The summed E-state index contributed by atoms with van der Waals surface area (Å²) in [5, 5.41) is 2.81. The fraction of sp³-hybridized carbons (Fsp3) is 0.360. The van der Waals surface area contributed by atoms with Crippen LogP contribution in [0.2, 0.25) is 0 Å². The van der Waals surface area contributed by atoms with Crippen LogP contribution < -0.4 is 15.8 Å². The molecule has 1 unspecified atom stereocenters. The number of nitrogens with two attached hydrogens (primary N) is 1. The molecule has 3 amide bonds. The van der Waals surface area contributed by atoms with Crippen LogP contribution in [0.25, 0.3) is 0 Å². The zero-order chi connectivity index (χ0) is 23.8. The Morgan fingerprint density at radius 3 is 2.39 bits per heavy atom. The van der Waals surface area contributed by atoms with Gasteiger partial charge in [0.05, 0.1) is 13.2 Å². The van der Waals surface area contributed by atoms with Crippen LogP contribution in [-0.2, 0) is 20.8 Å². The molecule has 8 heteroatoms. The fourth-order valence-electron chi connectivity index (χ4n) is 3.98. The first-order valence-electron chi connectivity index (χ1n) is 11.0. The predicted octanol–water partition coefficient (Wildman–Crippen LogP) is 1.86. The fourth-order valence-corrected chi connectivity index (χ4v) is 3.98. The zero-order valence-corrected chi connectivity index (χ0v) is 18.7. The van der Waals surface area contributed by atoms with Gasteiger partial charge >= 0.3 is 0 Å². The Kier molecular flexibility index (Phi) is 8.18. The lowest BCUT2D eigenvalue weighted by atomic mass is 9.98. The highest BCUT2D eigenvalue weighted by atomic mass is 16.5. The molecule has 1 aliphatic rings. The van der Waals surface area contributed by atoms with Gasteiger partial charge in [0.2, 0.25) is 11.8 Å². The van der Waals surface area contributed by atoms with Crippen LogP contribution in [0.4, 0.5) is 0 Å². The topological polar surface area (TPSA) is 119 Å². The molecule has 0 aromatic heterocycles. The average molecular weight is 452 g/mol. The van der Waals surface area contributed by atoms with Gasteiger partial charge < -0.3 is 20.7 Å². The molecule has 33 heavy (non-hydrogen) atoms. The number of ketones is 1. The number of benzene rings is 2. The van der Waals surface area contributed by atoms with Crippen molar-refractivity contribution < 1.29 is 23.9 Å². The molecule has 1 heterocycles. The lowest BCUT2D eigenvalue weighted by molar-refractivity contribution is -0.138. The summed E-state index contributed by atoms with van der Waals surface area (Å²) in [7, 11) is 1.57. The summed E-state index contributed by atoms with van der Waals surface area (Å²) in [6, 6.07) is 14.5. The highest BCUT2D eigenvalue weighted by Gasteiger charge is 2.33. The molecule has 8 nitrogen and oxygen atoms in total. The standard InChI is InChI=1S/C25H29N3O5/c1-33-19-11-9-17(10-12-19)16-20(27-25(32)18-6-3-2-4-7-18)22(29)13-14-23(30)28-15-5-8-21(28)24(26)31/h2-4,6-7,9-12,20-21H,5,8,13-16H2,1H3,(H2,26,31)(H,27,32)/t20?,21-/m0/s1. The summed E-state index contributed by atoms with van der Waals surface area (Å²) in [5.41, 5.74) is 6.69. The molecule has 1 saturated heterocycles. The van der Waals surface area contributed by atoms with Crippen molar-refractivity contribution in [1.82, 2.24) is 10.2 Å². The van der Waals surface area contributed by atoms with Crippen molar-refractivity contribution in [3.05, 3.63) is 65.7 Å². The van der Waals surface area contributed by atoms with Crippen molar-refractivity contribution in [2.75, 3.05) is 13.7 Å². The van der Waals surface area contributed by atoms with E-state index in [9.17, 15) is 19.2 Å². The molecule has 2 atom stereocenters. The summed E-state index contributed by atoms with van der Waals surface area (Å²) in [6.07, 6.45) is 1.45. The van der Waals surface area contributed by atoms with Gasteiger partial charge in [0.25, 0.3) is 5.91 Å². The molecule has 0 saturated carbocycles. The third kappa shape index (κ3) is 6.41. The van der Waals surface area contributed by atoms with Gasteiger partial charge in [-0.25, -0.2) is 0 Å². The molecule has 1 aliphatic heterocycles. The van der Waals surface area contributed by atoms with E-state index in [-0.39, 0.29) is 36.9 Å². The average Bonchev–Trinajstić information content (AvgIpc) is 3.33. The third-order valence-corrected chi connectivity index (χ3v) is 5.82. The number of methoxy groups -OCH3 is 1. The first-order valence-corrected chi connectivity index (χ1v) is 11.0.